The van der Waals surface area contributed by atoms with Crippen LogP contribution >= 0.6 is 0 Å². The van der Waals surface area contributed by atoms with Gasteiger partial charge in [0.05, 0.1) is 0 Å². The number of piperidine rings is 1. The first-order valence-corrected chi connectivity index (χ1v) is 12.6. The fraction of sp³-hybridized carbons (Fsp3) is 0.667. The molecule has 0 spiro atoms. The predicted molar refractivity (Wildman–Crippen MR) is 135 cm³/mol. The van der Waals surface area contributed by atoms with Crippen LogP contribution in [0.4, 0.5) is 10.5 Å². The molecule has 1 aromatic carbocycles. The van der Waals surface area contributed by atoms with Crippen molar-refractivity contribution >= 4 is 23.3 Å². The Labute approximate surface area is 204 Å². The molecule has 2 saturated heterocycles. The Hall–Kier alpha value is -2.41. The molecule has 3 rings (SSSR count). The molecule has 0 aliphatic carbocycles. The van der Waals surface area contributed by atoms with Gasteiger partial charge in [-0.1, -0.05) is 0 Å². The molecule has 0 unspecified atom stereocenters. The molecule has 0 bridgehead atoms. The minimum Gasteiger partial charge on any atom is -0.444 e. The monoisotopic (exact) mass is 471 g/mol. The van der Waals surface area contributed by atoms with Crippen molar-refractivity contribution in [2.24, 2.45) is 5.92 Å². The summed E-state index contributed by atoms with van der Waals surface area (Å²) in [6, 6.07) is 5.62. The summed E-state index contributed by atoms with van der Waals surface area (Å²) in [7, 11) is 0. The van der Waals surface area contributed by atoms with Gasteiger partial charge in [0.2, 0.25) is 0 Å². The summed E-state index contributed by atoms with van der Waals surface area (Å²) in [4.78, 5) is 42.7. The first-order valence-electron chi connectivity index (χ1n) is 12.6. The summed E-state index contributed by atoms with van der Waals surface area (Å²) < 4.78 is 5.49. The lowest BCUT2D eigenvalue weighted by molar-refractivity contribution is 0.0179. The molecule has 7 heteroatoms. The van der Waals surface area contributed by atoms with Gasteiger partial charge in [-0.25, -0.2) is 4.79 Å². The van der Waals surface area contributed by atoms with E-state index >= 15 is 0 Å². The molecule has 0 saturated carbocycles. The van der Waals surface area contributed by atoms with E-state index in [9.17, 15) is 14.4 Å². The molecule has 0 N–H and O–H groups in total. The van der Waals surface area contributed by atoms with Crippen LogP contribution in [-0.2, 0) is 4.74 Å². The molecule has 2 heterocycles. The Morgan fingerprint density at radius 3 is 2.09 bits per heavy atom. The molecular formula is C27H41N3O4. The number of ether oxygens (including phenoxy) is 1. The average molecular weight is 472 g/mol. The number of likely N-dealkylation sites (tertiary alicyclic amines) is 1. The molecule has 34 heavy (non-hydrogen) atoms. The largest absolute Gasteiger partial charge is 0.444 e. The number of Topliss-reactive ketones (excluding diaryl/α,β-unsaturated/α-hetero) is 2. The highest BCUT2D eigenvalue weighted by molar-refractivity contribution is 6.07. The van der Waals surface area contributed by atoms with E-state index < -0.39 is 5.60 Å². The van der Waals surface area contributed by atoms with Gasteiger partial charge in [-0.3, -0.25) is 14.5 Å². The van der Waals surface area contributed by atoms with Crippen LogP contribution < -0.4 is 4.90 Å². The van der Waals surface area contributed by atoms with Crippen molar-refractivity contribution in [3.8, 4) is 0 Å². The Morgan fingerprint density at radius 2 is 1.53 bits per heavy atom. The number of amides is 1. The maximum Gasteiger partial charge on any atom is 0.410 e. The molecule has 1 amide bonds. The Bertz CT molecular complexity index is 876. The van der Waals surface area contributed by atoms with Gasteiger partial charge in [-0.05, 0) is 91.0 Å². The Morgan fingerprint density at radius 1 is 0.912 bits per heavy atom. The van der Waals surface area contributed by atoms with Crippen molar-refractivity contribution in [1.29, 1.82) is 0 Å². The fourth-order valence-electron chi connectivity index (χ4n) is 4.89. The van der Waals surface area contributed by atoms with Gasteiger partial charge in [0.1, 0.15) is 5.60 Å². The number of rotatable bonds is 7. The molecular weight excluding hydrogens is 430 g/mol. The number of benzene rings is 1. The van der Waals surface area contributed by atoms with Crippen molar-refractivity contribution < 1.29 is 19.1 Å². The third-order valence-electron chi connectivity index (χ3n) is 6.85. The van der Waals surface area contributed by atoms with Crippen LogP contribution in [0.5, 0.6) is 0 Å². The van der Waals surface area contributed by atoms with E-state index in [-0.39, 0.29) is 17.7 Å². The lowest BCUT2D eigenvalue weighted by Gasteiger charge is -2.37. The van der Waals surface area contributed by atoms with Crippen LogP contribution in [0.1, 0.15) is 81.0 Å². The van der Waals surface area contributed by atoms with Crippen LogP contribution in [0.25, 0.3) is 0 Å². The van der Waals surface area contributed by atoms with Gasteiger partial charge >= 0.3 is 6.09 Å². The van der Waals surface area contributed by atoms with Crippen LogP contribution in [0, 0.1) is 5.92 Å². The minimum absolute atomic E-state index is 0.0670. The highest BCUT2D eigenvalue weighted by Gasteiger charge is 2.27. The molecule has 0 radical (unpaired) electrons. The zero-order valence-corrected chi connectivity index (χ0v) is 21.6. The standard InChI is InChI=1S/C27H41N3O4/c1-20(31)24-9-8-23(19-25(24)21(2)32)29-17-15-28(16-18-29)12-6-7-22-10-13-30(14-11-22)26(33)34-27(3,4)5/h8-9,19,22H,6-7,10-18H2,1-5H3. The number of nitrogens with zero attached hydrogens (tertiary/aromatic N) is 3. The van der Waals surface area contributed by atoms with Gasteiger partial charge in [-0.15, -0.1) is 0 Å². The number of hydrogen-bond acceptors (Lipinski definition) is 6. The number of hydrogen-bond donors (Lipinski definition) is 0. The van der Waals surface area contributed by atoms with Gasteiger partial charge in [-0.2, -0.15) is 0 Å². The predicted octanol–water partition coefficient (Wildman–Crippen LogP) is 4.64. The third kappa shape index (κ3) is 7.29. The second-order valence-electron chi connectivity index (χ2n) is 10.7. The van der Waals surface area contributed by atoms with Crippen molar-refractivity contribution in [1.82, 2.24) is 9.80 Å². The van der Waals surface area contributed by atoms with E-state index in [0.717, 1.165) is 64.3 Å². The first-order chi connectivity index (χ1) is 16.0. The molecule has 188 valence electrons. The maximum atomic E-state index is 12.2. The van der Waals surface area contributed by atoms with Gasteiger partial charge in [0.15, 0.2) is 11.6 Å². The minimum atomic E-state index is -0.439. The number of piperazine rings is 1. The third-order valence-corrected chi connectivity index (χ3v) is 6.85. The highest BCUT2D eigenvalue weighted by Crippen LogP contribution is 2.25. The Kier molecular flexibility index (Phi) is 8.74. The summed E-state index contributed by atoms with van der Waals surface area (Å²) in [5, 5.41) is 0. The summed E-state index contributed by atoms with van der Waals surface area (Å²) in [6.07, 6.45) is 4.31. The summed E-state index contributed by atoms with van der Waals surface area (Å²) in [5.41, 5.74) is 1.61. The number of anilines is 1. The van der Waals surface area contributed by atoms with Crippen LogP contribution in [0.15, 0.2) is 18.2 Å². The molecule has 7 nitrogen and oxygen atoms in total. The maximum absolute atomic E-state index is 12.2. The van der Waals surface area contributed by atoms with Crippen LogP contribution in [-0.4, -0.2) is 78.9 Å². The molecule has 0 aromatic heterocycles. The van der Waals surface area contributed by atoms with Crippen molar-refractivity contribution in [2.75, 3.05) is 50.7 Å². The Balaban J connectivity index is 1.38. The normalized spacial score (nSPS) is 18.1. The first kappa shape index (κ1) is 26.2. The van der Waals surface area contributed by atoms with E-state index in [0.29, 0.717) is 17.0 Å². The summed E-state index contributed by atoms with van der Waals surface area (Å²) >= 11 is 0. The molecule has 2 fully saturated rings. The van der Waals surface area contributed by atoms with E-state index in [4.69, 9.17) is 4.74 Å². The SMILES string of the molecule is CC(=O)c1ccc(N2CCN(CCCC3CCN(C(=O)OC(C)(C)C)CC3)CC2)cc1C(C)=O. The number of ketones is 2. The quantitative estimate of drug-likeness (QED) is 0.540. The summed E-state index contributed by atoms with van der Waals surface area (Å²) in [5.74, 6) is 0.546. The van der Waals surface area contributed by atoms with E-state index in [1.807, 2.05) is 37.8 Å². The highest BCUT2D eigenvalue weighted by atomic mass is 16.6. The second-order valence-corrected chi connectivity index (χ2v) is 10.7. The van der Waals surface area contributed by atoms with Crippen molar-refractivity contribution in [3.63, 3.8) is 0 Å². The average Bonchev–Trinajstić information content (AvgIpc) is 2.78. The van der Waals surface area contributed by atoms with E-state index in [1.165, 1.54) is 26.7 Å². The van der Waals surface area contributed by atoms with Crippen LogP contribution in [0.2, 0.25) is 0 Å². The van der Waals surface area contributed by atoms with Crippen molar-refractivity contribution in [2.45, 2.75) is 65.9 Å². The smallest absolute Gasteiger partial charge is 0.410 e. The lowest BCUT2D eigenvalue weighted by Crippen LogP contribution is -2.46. The second kappa shape index (κ2) is 11.3. The molecule has 2 aliphatic heterocycles. The zero-order chi connectivity index (χ0) is 24.9. The summed E-state index contributed by atoms with van der Waals surface area (Å²) in [6.45, 7) is 15.3. The van der Waals surface area contributed by atoms with Gasteiger partial charge < -0.3 is 14.5 Å². The zero-order valence-electron chi connectivity index (χ0n) is 21.6. The van der Waals surface area contributed by atoms with Gasteiger partial charge in [0, 0.05) is 56.1 Å². The van der Waals surface area contributed by atoms with Crippen LogP contribution in [0.3, 0.4) is 0 Å². The molecule has 1 aromatic rings. The molecule has 2 aliphatic rings. The van der Waals surface area contributed by atoms with Gasteiger partial charge in [0.25, 0.3) is 0 Å². The lowest BCUT2D eigenvalue weighted by atomic mass is 9.92. The fourth-order valence-corrected chi connectivity index (χ4v) is 4.89. The van der Waals surface area contributed by atoms with E-state index in [2.05, 4.69) is 9.80 Å². The van der Waals surface area contributed by atoms with Crippen molar-refractivity contribution in [3.05, 3.63) is 29.3 Å². The number of carbonyl (C=O) groups is 3. The van der Waals surface area contributed by atoms with E-state index in [1.54, 1.807) is 6.07 Å². The number of carbonyl (C=O) groups excluding carboxylic acids is 3. The molecule has 0 atom stereocenters. The topological polar surface area (TPSA) is 70.2 Å².